The van der Waals surface area contributed by atoms with E-state index >= 15 is 0 Å². The smallest absolute Gasteiger partial charge is 0.146 e. The van der Waals surface area contributed by atoms with Crippen molar-refractivity contribution in [3.8, 4) is 0 Å². The molecule has 3 rings (SSSR count). The Bertz CT molecular complexity index is 407. The van der Waals surface area contributed by atoms with Crippen LogP contribution in [0.25, 0.3) is 0 Å². The molecular formula is C15H21FN2. The fourth-order valence-electron chi connectivity index (χ4n) is 3.09. The second-order valence-electron chi connectivity index (χ2n) is 5.41. The van der Waals surface area contributed by atoms with Crippen LogP contribution in [-0.4, -0.2) is 19.6 Å². The van der Waals surface area contributed by atoms with Crippen LogP contribution in [0.5, 0.6) is 0 Å². The van der Waals surface area contributed by atoms with Crippen LogP contribution in [0.1, 0.15) is 43.7 Å². The highest BCUT2D eigenvalue weighted by Crippen LogP contribution is 2.29. The van der Waals surface area contributed by atoms with Gasteiger partial charge in [0.2, 0.25) is 0 Å². The number of hydrogen-bond donors (Lipinski definition) is 1. The summed E-state index contributed by atoms with van der Waals surface area (Å²) < 4.78 is 14.2. The van der Waals surface area contributed by atoms with Crippen molar-refractivity contribution in [3.63, 3.8) is 0 Å². The Morgan fingerprint density at radius 1 is 1.11 bits per heavy atom. The Morgan fingerprint density at radius 2 is 1.94 bits per heavy atom. The molecule has 2 fully saturated rings. The van der Waals surface area contributed by atoms with E-state index in [2.05, 4.69) is 16.3 Å². The molecule has 1 aromatic carbocycles. The van der Waals surface area contributed by atoms with Gasteiger partial charge < -0.3 is 10.2 Å². The first-order valence-corrected chi connectivity index (χ1v) is 7.12. The van der Waals surface area contributed by atoms with Crippen molar-refractivity contribution in [2.45, 2.75) is 38.1 Å². The summed E-state index contributed by atoms with van der Waals surface area (Å²) in [5.41, 5.74) is 1.89. The lowest BCUT2D eigenvalue weighted by atomic mass is 9.97. The van der Waals surface area contributed by atoms with Gasteiger partial charge in [0.05, 0.1) is 5.69 Å². The molecule has 2 aliphatic rings. The summed E-state index contributed by atoms with van der Waals surface area (Å²) in [7, 11) is 0. The molecule has 0 saturated carbocycles. The van der Waals surface area contributed by atoms with Crippen LogP contribution < -0.4 is 10.2 Å². The number of nitrogens with one attached hydrogen (secondary N) is 1. The molecule has 1 aromatic rings. The van der Waals surface area contributed by atoms with Crippen molar-refractivity contribution in [1.29, 1.82) is 0 Å². The maximum absolute atomic E-state index is 14.2. The number of benzene rings is 1. The van der Waals surface area contributed by atoms with Gasteiger partial charge in [-0.05, 0) is 49.9 Å². The molecule has 1 N–H and O–H groups in total. The zero-order valence-electron chi connectivity index (χ0n) is 10.8. The monoisotopic (exact) mass is 248 g/mol. The van der Waals surface area contributed by atoms with Gasteiger partial charge in [-0.3, -0.25) is 0 Å². The SMILES string of the molecule is Fc1cc(C2CCCCN2)ccc1N1CCCC1. The van der Waals surface area contributed by atoms with Crippen molar-refractivity contribution in [2.75, 3.05) is 24.5 Å². The standard InChI is InChI=1S/C15H21FN2/c16-13-11-12(14-5-1-2-8-17-14)6-7-15(13)18-9-3-4-10-18/h6-7,11,14,17H,1-5,8-10H2. The van der Waals surface area contributed by atoms with Gasteiger partial charge in [-0.25, -0.2) is 4.39 Å². The fraction of sp³-hybridized carbons (Fsp3) is 0.600. The van der Waals surface area contributed by atoms with E-state index < -0.39 is 0 Å². The molecular weight excluding hydrogens is 227 g/mol. The minimum atomic E-state index is -0.0539. The maximum atomic E-state index is 14.2. The number of hydrogen-bond acceptors (Lipinski definition) is 2. The van der Waals surface area contributed by atoms with Crippen LogP contribution >= 0.6 is 0 Å². The van der Waals surface area contributed by atoms with Gasteiger partial charge in [-0.1, -0.05) is 12.5 Å². The zero-order chi connectivity index (χ0) is 12.4. The lowest BCUT2D eigenvalue weighted by Crippen LogP contribution is -2.27. The van der Waals surface area contributed by atoms with Crippen molar-refractivity contribution in [3.05, 3.63) is 29.6 Å². The molecule has 2 nitrogen and oxygen atoms in total. The molecule has 2 aliphatic heterocycles. The van der Waals surface area contributed by atoms with E-state index in [-0.39, 0.29) is 5.82 Å². The Hall–Kier alpha value is -1.09. The molecule has 0 aliphatic carbocycles. The Morgan fingerprint density at radius 3 is 2.61 bits per heavy atom. The van der Waals surface area contributed by atoms with Crippen LogP contribution in [0.4, 0.5) is 10.1 Å². The maximum Gasteiger partial charge on any atom is 0.146 e. The number of halogens is 1. The summed E-state index contributed by atoms with van der Waals surface area (Å²) in [6, 6.07) is 6.14. The van der Waals surface area contributed by atoms with Gasteiger partial charge in [0, 0.05) is 19.1 Å². The summed E-state index contributed by atoms with van der Waals surface area (Å²) in [4.78, 5) is 2.16. The van der Waals surface area contributed by atoms with Gasteiger partial charge in [-0.15, -0.1) is 0 Å². The van der Waals surface area contributed by atoms with E-state index in [1.165, 1.54) is 25.7 Å². The van der Waals surface area contributed by atoms with Gasteiger partial charge in [0.15, 0.2) is 0 Å². The average Bonchev–Trinajstić information content (AvgIpc) is 2.93. The summed E-state index contributed by atoms with van der Waals surface area (Å²) >= 11 is 0. The topological polar surface area (TPSA) is 15.3 Å². The lowest BCUT2D eigenvalue weighted by molar-refractivity contribution is 0.411. The highest BCUT2D eigenvalue weighted by Gasteiger charge is 2.19. The van der Waals surface area contributed by atoms with Crippen molar-refractivity contribution < 1.29 is 4.39 Å². The van der Waals surface area contributed by atoms with Crippen LogP contribution in [-0.2, 0) is 0 Å². The molecule has 18 heavy (non-hydrogen) atoms. The predicted octanol–water partition coefficient (Wildman–Crippen LogP) is 3.24. The van der Waals surface area contributed by atoms with Crippen LogP contribution in [0.15, 0.2) is 18.2 Å². The third kappa shape index (κ3) is 2.37. The first-order valence-electron chi connectivity index (χ1n) is 7.12. The summed E-state index contributed by atoms with van der Waals surface area (Å²) in [5.74, 6) is -0.0539. The van der Waals surface area contributed by atoms with E-state index in [1.54, 1.807) is 6.07 Å². The number of nitrogens with zero attached hydrogens (tertiary/aromatic N) is 1. The molecule has 1 atom stereocenters. The summed E-state index contributed by atoms with van der Waals surface area (Å²) in [6.45, 7) is 3.05. The highest BCUT2D eigenvalue weighted by atomic mass is 19.1. The molecule has 0 spiro atoms. The third-order valence-corrected chi connectivity index (χ3v) is 4.13. The molecule has 2 saturated heterocycles. The normalized spacial score (nSPS) is 24.5. The minimum absolute atomic E-state index is 0.0539. The third-order valence-electron chi connectivity index (χ3n) is 4.13. The molecule has 1 unspecified atom stereocenters. The number of anilines is 1. The lowest BCUT2D eigenvalue weighted by Gasteiger charge is -2.25. The van der Waals surface area contributed by atoms with E-state index in [1.807, 2.05) is 6.07 Å². The van der Waals surface area contributed by atoms with Crippen molar-refractivity contribution in [2.24, 2.45) is 0 Å². The molecule has 98 valence electrons. The number of piperidine rings is 1. The first-order chi connectivity index (χ1) is 8.84. The van der Waals surface area contributed by atoms with E-state index in [9.17, 15) is 4.39 Å². The second kappa shape index (κ2) is 5.27. The summed E-state index contributed by atoms with van der Waals surface area (Å²) in [6.07, 6.45) is 5.98. The molecule has 0 bridgehead atoms. The Kier molecular flexibility index (Phi) is 3.50. The van der Waals surface area contributed by atoms with Gasteiger partial charge >= 0.3 is 0 Å². The van der Waals surface area contributed by atoms with Gasteiger partial charge in [0.25, 0.3) is 0 Å². The van der Waals surface area contributed by atoms with Crippen molar-refractivity contribution in [1.82, 2.24) is 5.32 Å². The molecule has 0 amide bonds. The Balaban J connectivity index is 1.79. The Labute approximate surface area is 108 Å². The highest BCUT2D eigenvalue weighted by molar-refractivity contribution is 5.50. The van der Waals surface area contributed by atoms with E-state index in [0.717, 1.165) is 37.3 Å². The molecule has 3 heteroatoms. The zero-order valence-corrected chi connectivity index (χ0v) is 10.8. The first kappa shape index (κ1) is 12.0. The average molecular weight is 248 g/mol. The largest absolute Gasteiger partial charge is 0.369 e. The molecule has 0 radical (unpaired) electrons. The fourth-order valence-corrected chi connectivity index (χ4v) is 3.09. The summed E-state index contributed by atoms with van der Waals surface area (Å²) in [5, 5.41) is 3.47. The molecule has 2 heterocycles. The minimum Gasteiger partial charge on any atom is -0.369 e. The van der Waals surface area contributed by atoms with Gasteiger partial charge in [0.1, 0.15) is 5.82 Å². The van der Waals surface area contributed by atoms with E-state index in [4.69, 9.17) is 0 Å². The van der Waals surface area contributed by atoms with Gasteiger partial charge in [-0.2, -0.15) is 0 Å². The second-order valence-corrected chi connectivity index (χ2v) is 5.41. The van der Waals surface area contributed by atoms with E-state index in [0.29, 0.717) is 6.04 Å². The predicted molar refractivity (Wildman–Crippen MR) is 72.4 cm³/mol. The van der Waals surface area contributed by atoms with Crippen LogP contribution in [0.3, 0.4) is 0 Å². The quantitative estimate of drug-likeness (QED) is 0.864. The van der Waals surface area contributed by atoms with Crippen LogP contribution in [0, 0.1) is 5.82 Å². The van der Waals surface area contributed by atoms with Crippen molar-refractivity contribution >= 4 is 5.69 Å². The number of rotatable bonds is 2. The molecule has 0 aromatic heterocycles. The van der Waals surface area contributed by atoms with Crippen LogP contribution in [0.2, 0.25) is 0 Å².